The van der Waals surface area contributed by atoms with Gasteiger partial charge in [-0.1, -0.05) is 13.0 Å². The molecular weight excluding hydrogens is 246 g/mol. The van der Waals surface area contributed by atoms with E-state index in [0.717, 1.165) is 13.0 Å². The molecule has 0 aliphatic rings. The minimum absolute atomic E-state index is 0.0355. The Morgan fingerprint density at radius 2 is 1.35 bits per heavy atom. The molecule has 0 bridgehead atoms. The third-order valence-electron chi connectivity index (χ3n) is 2.44. The Kier molecular flexibility index (Phi) is 3.45. The van der Waals surface area contributed by atoms with Crippen LogP contribution in [0.1, 0.15) is 29.2 Å². The first-order valence-corrected chi connectivity index (χ1v) is 4.85. The number of halogens is 6. The Morgan fingerprint density at radius 3 is 1.71 bits per heavy atom. The number of hydrogen-bond donors (Lipinski definition) is 0. The summed E-state index contributed by atoms with van der Waals surface area (Å²) in [5.41, 5.74) is -2.76. The van der Waals surface area contributed by atoms with Gasteiger partial charge >= 0.3 is 12.4 Å². The molecule has 0 aliphatic carbocycles. The van der Waals surface area contributed by atoms with E-state index in [4.69, 9.17) is 0 Å². The van der Waals surface area contributed by atoms with Crippen molar-refractivity contribution < 1.29 is 26.3 Å². The average molecular weight is 256 g/mol. The van der Waals surface area contributed by atoms with E-state index in [0.29, 0.717) is 0 Å². The highest BCUT2D eigenvalue weighted by atomic mass is 19.4. The molecule has 0 atom stereocenters. The molecule has 0 amide bonds. The van der Waals surface area contributed by atoms with E-state index in [1.165, 1.54) is 6.92 Å². The van der Waals surface area contributed by atoms with Crippen LogP contribution >= 0.6 is 0 Å². The van der Waals surface area contributed by atoms with Crippen molar-refractivity contribution in [3.63, 3.8) is 0 Å². The molecule has 0 N–H and O–H groups in total. The third-order valence-corrected chi connectivity index (χ3v) is 2.44. The maximum Gasteiger partial charge on any atom is 0.416 e. The van der Waals surface area contributed by atoms with Crippen LogP contribution in [0.3, 0.4) is 0 Å². The van der Waals surface area contributed by atoms with Crippen molar-refractivity contribution in [2.24, 2.45) is 0 Å². The molecule has 0 unspecified atom stereocenters. The maximum atomic E-state index is 12.6. The molecule has 0 nitrogen and oxygen atoms in total. The molecular formula is C11H10F6. The van der Waals surface area contributed by atoms with Crippen molar-refractivity contribution in [2.75, 3.05) is 0 Å². The largest absolute Gasteiger partial charge is 0.416 e. The quantitative estimate of drug-likeness (QED) is 0.644. The van der Waals surface area contributed by atoms with Gasteiger partial charge in [0.15, 0.2) is 0 Å². The van der Waals surface area contributed by atoms with Gasteiger partial charge in [-0.15, -0.1) is 0 Å². The van der Waals surface area contributed by atoms with E-state index in [1.54, 1.807) is 0 Å². The van der Waals surface area contributed by atoms with Crippen LogP contribution in [0, 0.1) is 6.92 Å². The van der Waals surface area contributed by atoms with Crippen molar-refractivity contribution in [3.05, 3.63) is 34.4 Å². The molecule has 0 radical (unpaired) electrons. The van der Waals surface area contributed by atoms with Crippen molar-refractivity contribution in [3.8, 4) is 0 Å². The van der Waals surface area contributed by atoms with Crippen LogP contribution in [0.2, 0.25) is 0 Å². The number of alkyl halides is 6. The standard InChI is InChI=1S/C11H10F6/c1-3-7-4-6(2)8(10(12,13)14)5-9(7)11(15,16)17/h4-5H,3H2,1-2H3. The fourth-order valence-electron chi connectivity index (χ4n) is 1.63. The molecule has 6 heteroatoms. The summed E-state index contributed by atoms with van der Waals surface area (Å²) < 4.78 is 75.2. The van der Waals surface area contributed by atoms with Crippen LogP contribution in [0.5, 0.6) is 0 Å². The predicted octanol–water partition coefficient (Wildman–Crippen LogP) is 4.60. The smallest absolute Gasteiger partial charge is 0.166 e. The highest BCUT2D eigenvalue weighted by Gasteiger charge is 2.38. The van der Waals surface area contributed by atoms with E-state index in [9.17, 15) is 26.3 Å². The summed E-state index contributed by atoms with van der Waals surface area (Å²) in [5.74, 6) is 0. The first kappa shape index (κ1) is 13.9. The van der Waals surface area contributed by atoms with Crippen LogP contribution in [0.25, 0.3) is 0 Å². The van der Waals surface area contributed by atoms with Crippen LogP contribution in [-0.2, 0) is 18.8 Å². The first-order chi connectivity index (χ1) is 7.57. The number of hydrogen-bond acceptors (Lipinski definition) is 0. The zero-order valence-corrected chi connectivity index (χ0v) is 9.13. The van der Waals surface area contributed by atoms with Gasteiger partial charge in [0.05, 0.1) is 11.1 Å². The van der Waals surface area contributed by atoms with Crippen LogP contribution in [0.15, 0.2) is 12.1 Å². The Morgan fingerprint density at radius 1 is 0.882 bits per heavy atom. The van der Waals surface area contributed by atoms with Crippen LogP contribution in [0.4, 0.5) is 26.3 Å². The third kappa shape index (κ3) is 2.92. The molecule has 0 aromatic heterocycles. The zero-order chi connectivity index (χ0) is 13.4. The van der Waals surface area contributed by atoms with Gasteiger partial charge in [-0.25, -0.2) is 0 Å². The van der Waals surface area contributed by atoms with Gasteiger partial charge in [0, 0.05) is 0 Å². The molecule has 0 fully saturated rings. The normalized spacial score (nSPS) is 12.9. The first-order valence-electron chi connectivity index (χ1n) is 4.85. The summed E-state index contributed by atoms with van der Waals surface area (Å²) in [5, 5.41) is 0. The predicted molar refractivity (Wildman–Crippen MR) is 50.6 cm³/mol. The monoisotopic (exact) mass is 256 g/mol. The second-order valence-corrected chi connectivity index (χ2v) is 3.67. The van der Waals surface area contributed by atoms with Gasteiger partial charge in [0.2, 0.25) is 0 Å². The molecule has 96 valence electrons. The minimum Gasteiger partial charge on any atom is -0.166 e. The summed E-state index contributed by atoms with van der Waals surface area (Å²) in [7, 11) is 0. The van der Waals surface area contributed by atoms with E-state index >= 15 is 0 Å². The van der Waals surface area contributed by atoms with E-state index < -0.39 is 23.5 Å². The van der Waals surface area contributed by atoms with Crippen molar-refractivity contribution >= 4 is 0 Å². The SMILES string of the molecule is CCc1cc(C)c(C(F)(F)F)cc1C(F)(F)F. The topological polar surface area (TPSA) is 0 Å². The summed E-state index contributed by atoms with van der Waals surface area (Å²) in [6, 6.07) is 1.14. The highest BCUT2D eigenvalue weighted by molar-refractivity contribution is 5.40. The van der Waals surface area contributed by atoms with Crippen molar-refractivity contribution in [1.82, 2.24) is 0 Å². The lowest BCUT2D eigenvalue weighted by molar-refractivity contribution is -0.143. The van der Waals surface area contributed by atoms with Gasteiger partial charge in [0.1, 0.15) is 0 Å². The lowest BCUT2D eigenvalue weighted by Crippen LogP contribution is -2.14. The molecule has 17 heavy (non-hydrogen) atoms. The Balaban J connectivity index is 3.49. The highest BCUT2D eigenvalue weighted by Crippen LogP contribution is 2.39. The molecule has 1 rings (SSSR count). The lowest BCUT2D eigenvalue weighted by Gasteiger charge is -2.17. The fourth-order valence-corrected chi connectivity index (χ4v) is 1.63. The Labute approximate surface area is 94.2 Å². The van der Waals surface area contributed by atoms with E-state index in [2.05, 4.69) is 0 Å². The Bertz CT molecular complexity index is 413. The molecule has 0 spiro atoms. The van der Waals surface area contributed by atoms with Gasteiger partial charge < -0.3 is 0 Å². The van der Waals surface area contributed by atoms with Crippen LogP contribution in [-0.4, -0.2) is 0 Å². The number of aryl methyl sites for hydroxylation is 2. The second-order valence-electron chi connectivity index (χ2n) is 3.67. The summed E-state index contributed by atoms with van der Waals surface area (Å²) in [4.78, 5) is 0. The fraction of sp³-hybridized carbons (Fsp3) is 0.455. The molecule has 0 saturated carbocycles. The molecule has 1 aromatic carbocycles. The number of rotatable bonds is 1. The molecule has 0 aliphatic heterocycles. The van der Waals surface area contributed by atoms with E-state index in [1.807, 2.05) is 0 Å². The van der Waals surface area contributed by atoms with Gasteiger partial charge in [-0.3, -0.25) is 0 Å². The second kappa shape index (κ2) is 4.23. The number of benzene rings is 1. The summed E-state index contributed by atoms with van der Waals surface area (Å²) in [6.45, 7) is 2.62. The molecule has 0 saturated heterocycles. The van der Waals surface area contributed by atoms with E-state index in [-0.39, 0.29) is 23.6 Å². The van der Waals surface area contributed by atoms with Gasteiger partial charge in [-0.05, 0) is 30.5 Å². The Hall–Kier alpha value is -1.20. The summed E-state index contributed by atoms with van der Waals surface area (Å²) in [6.07, 6.45) is -9.50. The molecule has 1 aromatic rings. The lowest BCUT2D eigenvalue weighted by atomic mass is 9.97. The van der Waals surface area contributed by atoms with Crippen molar-refractivity contribution in [2.45, 2.75) is 32.6 Å². The van der Waals surface area contributed by atoms with Crippen molar-refractivity contribution in [1.29, 1.82) is 0 Å². The van der Waals surface area contributed by atoms with Gasteiger partial charge in [0.25, 0.3) is 0 Å². The minimum atomic E-state index is -4.77. The summed E-state index contributed by atoms with van der Waals surface area (Å²) >= 11 is 0. The van der Waals surface area contributed by atoms with Crippen LogP contribution < -0.4 is 0 Å². The average Bonchev–Trinajstić information content (AvgIpc) is 2.13. The van der Waals surface area contributed by atoms with Gasteiger partial charge in [-0.2, -0.15) is 26.3 Å². The molecule has 0 heterocycles. The zero-order valence-electron chi connectivity index (χ0n) is 9.13. The maximum absolute atomic E-state index is 12.6.